The normalized spacial score (nSPS) is 20.6. The molecule has 1 aliphatic carbocycles. The maximum atomic E-state index is 12.4. The fraction of sp³-hybridized carbons (Fsp3) is 0.500. The van der Waals surface area contributed by atoms with Crippen LogP contribution in [0.2, 0.25) is 0 Å². The topological polar surface area (TPSA) is 43.1 Å². The molecule has 1 unspecified atom stereocenters. The maximum Gasteiger partial charge on any atom is 0.160 e. The molecule has 0 heterocycles. The number of carbonyl (C=O) groups is 1. The van der Waals surface area contributed by atoms with Crippen molar-refractivity contribution in [1.82, 2.24) is 0 Å². The van der Waals surface area contributed by atoms with Crippen LogP contribution in [0.1, 0.15) is 92.6 Å². The van der Waals surface area contributed by atoms with Crippen molar-refractivity contribution in [3.05, 3.63) is 65.2 Å². The molecule has 1 saturated carbocycles. The third-order valence-corrected chi connectivity index (χ3v) is 6.53. The van der Waals surface area contributed by atoms with Crippen molar-refractivity contribution in [1.29, 1.82) is 0 Å². The van der Waals surface area contributed by atoms with Gasteiger partial charge in [0.15, 0.2) is 5.78 Å². The summed E-state index contributed by atoms with van der Waals surface area (Å²) < 4.78 is 0. The zero-order valence-corrected chi connectivity index (χ0v) is 17.5. The molecule has 2 aromatic rings. The van der Waals surface area contributed by atoms with Gasteiger partial charge < -0.3 is 5.73 Å². The van der Waals surface area contributed by atoms with Gasteiger partial charge in [-0.2, -0.15) is 0 Å². The highest BCUT2D eigenvalue weighted by molar-refractivity contribution is 5.96. The van der Waals surface area contributed by atoms with Crippen molar-refractivity contribution in [3.8, 4) is 0 Å². The summed E-state index contributed by atoms with van der Waals surface area (Å²) in [6.45, 7) is 3.95. The second kappa shape index (κ2) is 9.91. The molecular weight excluding hydrogens is 342 g/mol. The molecule has 0 aliphatic heterocycles. The first-order chi connectivity index (χ1) is 13.6. The molecule has 0 aromatic heterocycles. The summed E-state index contributed by atoms with van der Waals surface area (Å²) in [4.78, 5) is 12.4. The highest BCUT2D eigenvalue weighted by atomic mass is 16.1. The summed E-state index contributed by atoms with van der Waals surface area (Å²) in [5.74, 6) is 1.83. The summed E-state index contributed by atoms with van der Waals surface area (Å²) in [6.07, 6.45) is 10.5. The van der Waals surface area contributed by atoms with Crippen LogP contribution in [0.3, 0.4) is 0 Å². The van der Waals surface area contributed by atoms with Crippen molar-refractivity contribution >= 4 is 11.5 Å². The fourth-order valence-electron chi connectivity index (χ4n) is 5.02. The number of benzene rings is 2. The van der Waals surface area contributed by atoms with E-state index in [1.807, 2.05) is 18.2 Å². The zero-order valence-electron chi connectivity index (χ0n) is 17.5. The molecule has 0 amide bonds. The Morgan fingerprint density at radius 2 is 1.75 bits per heavy atom. The third kappa shape index (κ3) is 5.04. The Labute approximate surface area is 170 Å². The number of rotatable bonds is 8. The lowest BCUT2D eigenvalue weighted by Gasteiger charge is -2.35. The van der Waals surface area contributed by atoms with E-state index in [9.17, 15) is 4.79 Å². The van der Waals surface area contributed by atoms with Crippen molar-refractivity contribution in [2.45, 2.75) is 71.1 Å². The standard InChI is InChI=1S/C26H35NO/c1-3-4-6-9-20-12-14-22(15-13-20)26(21-10-7-5-8-11-21)25-18-23(27)16-17-24(25)19(2)28/h5,7-8,10-11,16-18,20,22,26H,3-4,6,9,12-15,27H2,1-2H3. The number of nitrogens with two attached hydrogens (primary N) is 1. The highest BCUT2D eigenvalue weighted by Gasteiger charge is 2.31. The molecule has 1 aliphatic rings. The molecule has 150 valence electrons. The lowest BCUT2D eigenvalue weighted by molar-refractivity contribution is 0.101. The van der Waals surface area contributed by atoms with E-state index < -0.39 is 0 Å². The number of ketones is 1. The predicted octanol–water partition coefficient (Wildman–Crippen LogP) is 6.99. The largest absolute Gasteiger partial charge is 0.399 e. The second-order valence-electron chi connectivity index (χ2n) is 8.57. The van der Waals surface area contributed by atoms with E-state index in [1.54, 1.807) is 6.92 Å². The zero-order chi connectivity index (χ0) is 19.9. The molecule has 3 rings (SSSR count). The number of nitrogen functional groups attached to an aromatic ring is 1. The number of Topliss-reactive ketones (excluding diaryl/α,β-unsaturated/α-hetero) is 1. The van der Waals surface area contributed by atoms with Crippen LogP contribution in [0.4, 0.5) is 5.69 Å². The van der Waals surface area contributed by atoms with Gasteiger partial charge in [-0.1, -0.05) is 75.8 Å². The van der Waals surface area contributed by atoms with Crippen molar-refractivity contribution in [2.24, 2.45) is 11.8 Å². The molecule has 0 bridgehead atoms. The monoisotopic (exact) mass is 377 g/mol. The van der Waals surface area contributed by atoms with E-state index in [0.717, 1.165) is 22.7 Å². The minimum atomic E-state index is 0.129. The van der Waals surface area contributed by atoms with Crippen molar-refractivity contribution in [3.63, 3.8) is 0 Å². The number of hydrogen-bond acceptors (Lipinski definition) is 2. The smallest absolute Gasteiger partial charge is 0.160 e. The van der Waals surface area contributed by atoms with E-state index in [4.69, 9.17) is 5.73 Å². The first-order valence-corrected chi connectivity index (χ1v) is 11.1. The molecule has 2 N–H and O–H groups in total. The van der Waals surface area contributed by atoms with Crippen LogP contribution in [-0.4, -0.2) is 5.78 Å². The Balaban J connectivity index is 1.87. The first-order valence-electron chi connectivity index (χ1n) is 11.1. The molecule has 1 fully saturated rings. The van der Waals surface area contributed by atoms with Crippen molar-refractivity contribution in [2.75, 3.05) is 5.73 Å². The van der Waals surface area contributed by atoms with Gasteiger partial charge in [0.25, 0.3) is 0 Å². The Bertz CT molecular complexity index is 759. The summed E-state index contributed by atoms with van der Waals surface area (Å²) >= 11 is 0. The van der Waals surface area contributed by atoms with Gasteiger partial charge in [0.2, 0.25) is 0 Å². The van der Waals surface area contributed by atoms with E-state index in [2.05, 4.69) is 37.3 Å². The lowest BCUT2D eigenvalue weighted by Crippen LogP contribution is -2.23. The van der Waals surface area contributed by atoms with Gasteiger partial charge in [0.1, 0.15) is 0 Å². The van der Waals surface area contributed by atoms with Crippen LogP contribution in [-0.2, 0) is 0 Å². The first kappa shape index (κ1) is 20.6. The molecule has 2 nitrogen and oxygen atoms in total. The predicted molar refractivity (Wildman–Crippen MR) is 119 cm³/mol. The fourth-order valence-corrected chi connectivity index (χ4v) is 5.02. The van der Waals surface area contributed by atoms with E-state index in [-0.39, 0.29) is 11.7 Å². The van der Waals surface area contributed by atoms with E-state index in [0.29, 0.717) is 5.92 Å². The molecule has 0 spiro atoms. The average molecular weight is 378 g/mol. The SMILES string of the molecule is CCCCCC1CCC(C(c2ccccc2)c2cc(N)ccc2C(C)=O)CC1. The van der Waals surface area contributed by atoms with Gasteiger partial charge in [-0.05, 0) is 60.9 Å². The van der Waals surface area contributed by atoms with Crippen LogP contribution in [0.5, 0.6) is 0 Å². The summed E-state index contributed by atoms with van der Waals surface area (Å²) in [6, 6.07) is 16.5. The van der Waals surface area contributed by atoms with Crippen molar-refractivity contribution < 1.29 is 4.79 Å². The minimum absolute atomic E-state index is 0.129. The number of anilines is 1. The Morgan fingerprint density at radius 1 is 1.04 bits per heavy atom. The van der Waals surface area contributed by atoms with Gasteiger partial charge >= 0.3 is 0 Å². The van der Waals surface area contributed by atoms with Crippen LogP contribution < -0.4 is 5.73 Å². The maximum absolute atomic E-state index is 12.4. The quantitative estimate of drug-likeness (QED) is 0.306. The molecule has 0 radical (unpaired) electrons. The summed E-state index contributed by atoms with van der Waals surface area (Å²) in [7, 11) is 0. The molecule has 0 saturated heterocycles. The van der Waals surface area contributed by atoms with E-state index >= 15 is 0 Å². The Morgan fingerprint density at radius 3 is 2.39 bits per heavy atom. The van der Waals surface area contributed by atoms with E-state index in [1.165, 1.54) is 56.9 Å². The van der Waals surface area contributed by atoms with Crippen LogP contribution >= 0.6 is 0 Å². The molecule has 28 heavy (non-hydrogen) atoms. The Kier molecular flexibility index (Phi) is 7.30. The number of unbranched alkanes of at least 4 members (excludes halogenated alkanes) is 2. The lowest BCUT2D eigenvalue weighted by atomic mass is 9.69. The van der Waals surface area contributed by atoms with Gasteiger partial charge in [-0.3, -0.25) is 4.79 Å². The number of carbonyl (C=O) groups excluding carboxylic acids is 1. The highest BCUT2D eigenvalue weighted by Crippen LogP contribution is 2.44. The van der Waals surface area contributed by atoms with Crippen LogP contribution in [0.15, 0.2) is 48.5 Å². The third-order valence-electron chi connectivity index (χ3n) is 6.53. The van der Waals surface area contributed by atoms with Crippen LogP contribution in [0.25, 0.3) is 0 Å². The van der Waals surface area contributed by atoms with Crippen LogP contribution in [0, 0.1) is 11.8 Å². The molecule has 1 atom stereocenters. The Hall–Kier alpha value is -2.09. The summed E-state index contributed by atoms with van der Waals surface area (Å²) in [5, 5.41) is 0. The minimum Gasteiger partial charge on any atom is -0.399 e. The summed E-state index contributed by atoms with van der Waals surface area (Å²) in [5.41, 5.74) is 10.2. The number of hydrogen-bond donors (Lipinski definition) is 1. The van der Waals surface area contributed by atoms with Gasteiger partial charge in [-0.25, -0.2) is 0 Å². The average Bonchev–Trinajstić information content (AvgIpc) is 2.70. The second-order valence-corrected chi connectivity index (χ2v) is 8.57. The van der Waals surface area contributed by atoms with Gasteiger partial charge in [-0.15, -0.1) is 0 Å². The molecule has 2 heteroatoms. The van der Waals surface area contributed by atoms with Gasteiger partial charge in [0, 0.05) is 17.2 Å². The molecular formula is C26H35NO. The van der Waals surface area contributed by atoms with Gasteiger partial charge in [0.05, 0.1) is 0 Å². The molecule has 2 aromatic carbocycles.